The lowest BCUT2D eigenvalue weighted by Gasteiger charge is -2.23. The summed E-state index contributed by atoms with van der Waals surface area (Å²) in [6.07, 6.45) is 2.53. The maximum Gasteiger partial charge on any atom is 0.131 e. The van der Waals surface area contributed by atoms with Crippen LogP contribution in [-0.4, -0.2) is 23.3 Å². The van der Waals surface area contributed by atoms with Crippen LogP contribution in [0.4, 0.5) is 0 Å². The average Bonchev–Trinajstić information content (AvgIpc) is 3.11. The van der Waals surface area contributed by atoms with E-state index in [1.807, 2.05) is 0 Å². The van der Waals surface area contributed by atoms with E-state index < -0.39 is 0 Å². The van der Waals surface area contributed by atoms with E-state index in [0.717, 1.165) is 6.54 Å². The molecule has 100 valence electrons. The molecule has 0 bridgehead atoms. The fourth-order valence-corrected chi connectivity index (χ4v) is 3.45. The lowest BCUT2D eigenvalue weighted by molar-refractivity contribution is 0.380. The molecule has 2 aromatic carbocycles. The number of nitrogens with zero attached hydrogens (tertiary/aromatic N) is 2. The molecule has 0 radical (unpaired) electrons. The predicted octanol–water partition coefficient (Wildman–Crippen LogP) is 3.65. The molecule has 2 nitrogen and oxygen atoms in total. The van der Waals surface area contributed by atoms with E-state index in [-0.39, 0.29) is 0 Å². The summed E-state index contributed by atoms with van der Waals surface area (Å²) in [4.78, 5) is 7.56. The number of benzene rings is 2. The zero-order valence-electron chi connectivity index (χ0n) is 11.4. The Morgan fingerprint density at radius 1 is 0.900 bits per heavy atom. The van der Waals surface area contributed by atoms with Gasteiger partial charge in [0.2, 0.25) is 0 Å². The van der Waals surface area contributed by atoms with Gasteiger partial charge in [0, 0.05) is 12.1 Å². The van der Waals surface area contributed by atoms with Gasteiger partial charge in [-0.3, -0.25) is 4.99 Å². The van der Waals surface area contributed by atoms with Crippen molar-refractivity contribution in [3.63, 3.8) is 0 Å². The summed E-state index contributed by atoms with van der Waals surface area (Å²) in [7, 11) is 0. The standard InChI is InChI=1S/C18H18N2/c1-3-8-14(9-4-1)17-16-12-7-13-20(16)18(19-17)15-10-5-2-6-11-15/h1-6,8-11,16-17H,7,12-13H2/t16-,17+/m0/s1. The van der Waals surface area contributed by atoms with Crippen LogP contribution < -0.4 is 0 Å². The van der Waals surface area contributed by atoms with Crippen LogP contribution >= 0.6 is 0 Å². The van der Waals surface area contributed by atoms with Gasteiger partial charge in [0.1, 0.15) is 5.84 Å². The Hall–Kier alpha value is -2.09. The average molecular weight is 262 g/mol. The zero-order chi connectivity index (χ0) is 13.4. The van der Waals surface area contributed by atoms with Crippen LogP contribution in [0.1, 0.15) is 30.0 Å². The minimum atomic E-state index is 0.300. The number of hydrogen-bond acceptors (Lipinski definition) is 2. The van der Waals surface area contributed by atoms with Crippen molar-refractivity contribution in [3.05, 3.63) is 71.8 Å². The fraction of sp³-hybridized carbons (Fsp3) is 0.278. The van der Waals surface area contributed by atoms with Crippen molar-refractivity contribution in [1.82, 2.24) is 4.90 Å². The summed E-state index contributed by atoms with van der Waals surface area (Å²) in [5.74, 6) is 1.18. The molecular weight excluding hydrogens is 244 g/mol. The van der Waals surface area contributed by atoms with Crippen molar-refractivity contribution in [3.8, 4) is 0 Å². The molecule has 4 rings (SSSR count). The molecule has 0 aromatic heterocycles. The summed E-state index contributed by atoms with van der Waals surface area (Å²) in [5, 5.41) is 0. The molecule has 2 atom stereocenters. The molecule has 1 fully saturated rings. The van der Waals surface area contributed by atoms with Gasteiger partial charge in [-0.25, -0.2) is 0 Å². The van der Waals surface area contributed by atoms with Gasteiger partial charge in [0.15, 0.2) is 0 Å². The summed E-state index contributed by atoms with van der Waals surface area (Å²) in [6, 6.07) is 22.2. The lowest BCUT2D eigenvalue weighted by Crippen LogP contribution is -2.32. The normalized spacial score (nSPS) is 24.6. The molecule has 0 aliphatic carbocycles. The first-order valence-corrected chi connectivity index (χ1v) is 7.38. The first-order valence-electron chi connectivity index (χ1n) is 7.38. The molecular formula is C18H18N2. The van der Waals surface area contributed by atoms with E-state index in [1.165, 1.54) is 29.8 Å². The number of aliphatic imine (C=N–C) groups is 1. The summed E-state index contributed by atoms with van der Waals surface area (Å²) in [6.45, 7) is 1.14. The van der Waals surface area contributed by atoms with Crippen molar-refractivity contribution < 1.29 is 0 Å². The van der Waals surface area contributed by atoms with E-state index in [0.29, 0.717) is 12.1 Å². The minimum absolute atomic E-state index is 0.300. The quantitative estimate of drug-likeness (QED) is 0.806. The van der Waals surface area contributed by atoms with E-state index in [9.17, 15) is 0 Å². The third-order valence-electron chi connectivity index (χ3n) is 4.37. The topological polar surface area (TPSA) is 15.6 Å². The van der Waals surface area contributed by atoms with Gasteiger partial charge >= 0.3 is 0 Å². The molecule has 2 heteroatoms. The maximum atomic E-state index is 5.06. The van der Waals surface area contributed by atoms with Crippen molar-refractivity contribution in [2.45, 2.75) is 24.9 Å². The molecule has 2 heterocycles. The second-order valence-corrected chi connectivity index (χ2v) is 5.58. The second kappa shape index (κ2) is 4.78. The highest BCUT2D eigenvalue weighted by Gasteiger charge is 2.40. The maximum absolute atomic E-state index is 5.06. The van der Waals surface area contributed by atoms with Crippen molar-refractivity contribution >= 4 is 5.84 Å². The highest BCUT2D eigenvalue weighted by atomic mass is 15.3. The molecule has 0 N–H and O–H groups in total. The first-order chi connectivity index (χ1) is 9.93. The van der Waals surface area contributed by atoms with E-state index in [2.05, 4.69) is 65.6 Å². The molecule has 0 unspecified atom stereocenters. The molecule has 0 amide bonds. The highest BCUT2D eigenvalue weighted by molar-refractivity contribution is 6.00. The Morgan fingerprint density at radius 3 is 2.35 bits per heavy atom. The Morgan fingerprint density at radius 2 is 1.60 bits per heavy atom. The Balaban J connectivity index is 1.76. The van der Waals surface area contributed by atoms with Crippen LogP contribution in [0.25, 0.3) is 0 Å². The summed E-state index contributed by atoms with van der Waals surface area (Å²) < 4.78 is 0. The molecule has 0 saturated carbocycles. The Bertz CT molecular complexity index is 618. The van der Waals surface area contributed by atoms with Gasteiger partial charge in [0.05, 0.1) is 12.1 Å². The van der Waals surface area contributed by atoms with Crippen molar-refractivity contribution in [2.24, 2.45) is 4.99 Å². The minimum Gasteiger partial charge on any atom is -0.351 e. The first kappa shape index (κ1) is 11.7. The van der Waals surface area contributed by atoms with Gasteiger partial charge in [-0.05, 0) is 18.4 Å². The molecule has 2 aliphatic heterocycles. The van der Waals surface area contributed by atoms with Gasteiger partial charge in [-0.15, -0.1) is 0 Å². The molecule has 1 saturated heterocycles. The van der Waals surface area contributed by atoms with Crippen molar-refractivity contribution in [1.29, 1.82) is 0 Å². The smallest absolute Gasteiger partial charge is 0.131 e. The Labute approximate surface area is 119 Å². The Kier molecular flexibility index (Phi) is 2.80. The van der Waals surface area contributed by atoms with Gasteiger partial charge in [0.25, 0.3) is 0 Å². The van der Waals surface area contributed by atoms with Crippen LogP contribution in [-0.2, 0) is 0 Å². The molecule has 20 heavy (non-hydrogen) atoms. The monoisotopic (exact) mass is 262 g/mol. The van der Waals surface area contributed by atoms with E-state index >= 15 is 0 Å². The molecule has 2 aromatic rings. The van der Waals surface area contributed by atoms with Crippen LogP contribution in [0.2, 0.25) is 0 Å². The van der Waals surface area contributed by atoms with Gasteiger partial charge in [-0.1, -0.05) is 60.7 Å². The highest BCUT2D eigenvalue weighted by Crippen LogP contribution is 2.38. The van der Waals surface area contributed by atoms with Crippen LogP contribution in [0.5, 0.6) is 0 Å². The number of hydrogen-bond donors (Lipinski definition) is 0. The fourth-order valence-electron chi connectivity index (χ4n) is 3.45. The number of fused-ring (bicyclic) bond motifs is 1. The summed E-state index contributed by atoms with van der Waals surface area (Å²) >= 11 is 0. The number of rotatable bonds is 2. The third-order valence-corrected chi connectivity index (χ3v) is 4.37. The molecule has 2 aliphatic rings. The van der Waals surface area contributed by atoms with Gasteiger partial charge in [-0.2, -0.15) is 0 Å². The molecule has 0 spiro atoms. The largest absolute Gasteiger partial charge is 0.351 e. The van der Waals surface area contributed by atoms with Crippen molar-refractivity contribution in [2.75, 3.05) is 6.54 Å². The zero-order valence-corrected chi connectivity index (χ0v) is 11.4. The van der Waals surface area contributed by atoms with Gasteiger partial charge < -0.3 is 4.90 Å². The van der Waals surface area contributed by atoms with E-state index in [1.54, 1.807) is 0 Å². The predicted molar refractivity (Wildman–Crippen MR) is 81.9 cm³/mol. The van der Waals surface area contributed by atoms with Crippen LogP contribution in [0, 0.1) is 0 Å². The lowest BCUT2D eigenvalue weighted by atomic mass is 9.99. The van der Waals surface area contributed by atoms with E-state index in [4.69, 9.17) is 4.99 Å². The summed E-state index contributed by atoms with van der Waals surface area (Å²) in [5.41, 5.74) is 2.59. The second-order valence-electron chi connectivity index (χ2n) is 5.58. The SMILES string of the molecule is c1ccc(C2=N[C@H](c3ccccc3)[C@@H]3CCCN23)cc1. The number of amidine groups is 1. The van der Waals surface area contributed by atoms with Crippen LogP contribution in [0.15, 0.2) is 65.7 Å². The van der Waals surface area contributed by atoms with Crippen LogP contribution in [0.3, 0.4) is 0 Å². The third kappa shape index (κ3) is 1.83.